The quantitative estimate of drug-likeness (QED) is 0.381. The van der Waals surface area contributed by atoms with Crippen molar-refractivity contribution in [3.63, 3.8) is 0 Å². The van der Waals surface area contributed by atoms with Crippen LogP contribution in [0.25, 0.3) is 0 Å². The lowest BCUT2D eigenvalue weighted by Crippen LogP contribution is -2.36. The van der Waals surface area contributed by atoms with Crippen LogP contribution in [-0.2, 0) is 20.4 Å². The van der Waals surface area contributed by atoms with E-state index in [0.29, 0.717) is 10.8 Å². The Morgan fingerprint density at radius 2 is 2.03 bits per heavy atom. The van der Waals surface area contributed by atoms with Crippen molar-refractivity contribution in [2.75, 3.05) is 13.2 Å². The molecule has 3 rings (SSSR count). The molecule has 1 N–H and O–H groups in total. The number of nitrogens with one attached hydrogen (secondary N) is 1. The highest BCUT2D eigenvalue weighted by atomic mass is 32.1. The Labute approximate surface area is 188 Å². The molecule has 0 radical (unpaired) electrons. The number of ether oxygens (including phenoxy) is 3. The van der Waals surface area contributed by atoms with E-state index in [2.05, 4.69) is 5.92 Å². The normalized spacial score (nSPS) is 20.4. The van der Waals surface area contributed by atoms with Crippen LogP contribution in [-0.4, -0.2) is 40.0 Å². The molecule has 0 aliphatic carbocycles. The van der Waals surface area contributed by atoms with Gasteiger partial charge in [-0.15, -0.1) is 6.42 Å². The van der Waals surface area contributed by atoms with E-state index in [1.807, 2.05) is 0 Å². The van der Waals surface area contributed by atoms with Crippen molar-refractivity contribution in [3.05, 3.63) is 68.0 Å². The fourth-order valence-electron chi connectivity index (χ4n) is 3.12. The third-order valence-electron chi connectivity index (χ3n) is 4.68. The van der Waals surface area contributed by atoms with Crippen LogP contribution in [0.4, 0.5) is 22.0 Å². The van der Waals surface area contributed by atoms with E-state index in [4.69, 9.17) is 32.9 Å². The topological polar surface area (TPSA) is 82.6 Å². The fraction of sp³-hybridized carbons (Fsp3) is 0.350. The van der Waals surface area contributed by atoms with Gasteiger partial charge < -0.3 is 14.2 Å². The summed E-state index contributed by atoms with van der Waals surface area (Å²) in [6.45, 7) is -0.465. The number of hydrogen-bond donors (Lipinski definition) is 1. The van der Waals surface area contributed by atoms with Gasteiger partial charge in [-0.2, -0.15) is 13.2 Å². The number of H-pyrrole nitrogens is 1. The van der Waals surface area contributed by atoms with Gasteiger partial charge in [-0.3, -0.25) is 14.3 Å². The van der Waals surface area contributed by atoms with Gasteiger partial charge in [0.1, 0.15) is 31.1 Å². The molecule has 1 aromatic carbocycles. The van der Waals surface area contributed by atoms with Gasteiger partial charge >= 0.3 is 11.9 Å². The summed E-state index contributed by atoms with van der Waals surface area (Å²) in [6.07, 6.45) is -2.57. The van der Waals surface area contributed by atoms with Crippen LogP contribution in [0.2, 0.25) is 0 Å². The first-order valence-electron chi connectivity index (χ1n) is 9.26. The van der Waals surface area contributed by atoms with Crippen LogP contribution in [0.15, 0.2) is 34.0 Å². The van der Waals surface area contributed by atoms with Gasteiger partial charge in [0, 0.05) is 18.2 Å². The van der Waals surface area contributed by atoms with Crippen LogP contribution in [0.1, 0.15) is 23.8 Å². The molecular weight excluding hydrogens is 475 g/mol. The first-order chi connectivity index (χ1) is 15.5. The third-order valence-corrected chi connectivity index (χ3v) is 5.03. The molecule has 176 valence electrons. The Hall–Kier alpha value is -3.08. The molecule has 0 spiro atoms. The van der Waals surface area contributed by atoms with Crippen LogP contribution in [0.3, 0.4) is 0 Å². The van der Waals surface area contributed by atoms with E-state index in [0.717, 1.165) is 12.1 Å². The van der Waals surface area contributed by atoms with Crippen molar-refractivity contribution < 1.29 is 36.2 Å². The van der Waals surface area contributed by atoms with Crippen molar-refractivity contribution in [3.8, 4) is 12.3 Å². The highest BCUT2D eigenvalue weighted by Crippen LogP contribution is 2.32. The number of aromatic amines is 1. The molecule has 33 heavy (non-hydrogen) atoms. The highest BCUT2D eigenvalue weighted by Gasteiger charge is 2.40. The van der Waals surface area contributed by atoms with Gasteiger partial charge in [0.05, 0.1) is 6.10 Å². The van der Waals surface area contributed by atoms with Crippen molar-refractivity contribution in [1.29, 1.82) is 0 Å². The second-order valence-corrected chi connectivity index (χ2v) is 7.22. The summed E-state index contributed by atoms with van der Waals surface area (Å²) in [6, 6.07) is 2.90. The average molecular weight is 490 g/mol. The number of terminal acetylenes is 1. The minimum Gasteiger partial charge on any atom is -0.480 e. The van der Waals surface area contributed by atoms with Gasteiger partial charge in [0.2, 0.25) is 0 Å². The van der Waals surface area contributed by atoms with E-state index >= 15 is 0 Å². The molecular formula is C20H15F5N2O5S. The van der Waals surface area contributed by atoms with Crippen LogP contribution in [0, 0.1) is 24.0 Å². The lowest BCUT2D eigenvalue weighted by Gasteiger charge is -2.19. The summed E-state index contributed by atoms with van der Waals surface area (Å²) in [5.74, 6) is 0.0248. The largest absolute Gasteiger partial charge is 0.480 e. The Balaban J connectivity index is 1.79. The number of rotatable bonds is 6. The molecule has 2 aromatic rings. The Morgan fingerprint density at radius 1 is 1.30 bits per heavy atom. The Morgan fingerprint density at radius 3 is 2.67 bits per heavy atom. The maximum atomic E-state index is 13.4. The first kappa shape index (κ1) is 24.6. The predicted molar refractivity (Wildman–Crippen MR) is 107 cm³/mol. The Kier molecular flexibility index (Phi) is 7.31. The first-order valence-corrected chi connectivity index (χ1v) is 9.67. The zero-order chi connectivity index (χ0) is 24.3. The predicted octanol–water partition coefficient (Wildman–Crippen LogP) is 2.53. The molecule has 1 saturated heterocycles. The smallest absolute Gasteiger partial charge is 0.423 e. The van der Waals surface area contributed by atoms with E-state index in [1.165, 1.54) is 6.07 Å². The monoisotopic (exact) mass is 490 g/mol. The standard InChI is InChI=1S/C20H15F5N2O5S/c1-2-5-30-14-7-16(27-8-11(20(23,24)25)17(28)26-19(27)29)32-15(14)9-31-18(33)10-3-4-12(21)13(22)6-10/h1,3-4,6,8,14-16H,5,7,9H2,(H,26,28,29)/t14-,15+,16+/m0/s1. The minimum atomic E-state index is -5.00. The van der Waals surface area contributed by atoms with Crippen LogP contribution < -0.4 is 11.2 Å². The third kappa shape index (κ3) is 5.65. The molecule has 0 amide bonds. The minimum absolute atomic E-state index is 0.0752. The van der Waals surface area contributed by atoms with Gasteiger partial charge in [-0.05, 0) is 30.4 Å². The van der Waals surface area contributed by atoms with Crippen molar-refractivity contribution in [2.45, 2.75) is 31.0 Å². The summed E-state index contributed by atoms with van der Waals surface area (Å²) in [7, 11) is 0. The fourth-order valence-corrected chi connectivity index (χ4v) is 3.31. The van der Waals surface area contributed by atoms with Gasteiger partial charge in [0.25, 0.3) is 5.56 Å². The molecule has 2 heterocycles. The van der Waals surface area contributed by atoms with E-state index in [-0.39, 0.29) is 30.2 Å². The molecule has 1 aliphatic rings. The summed E-state index contributed by atoms with van der Waals surface area (Å²) >= 11 is 5.04. The van der Waals surface area contributed by atoms with Crippen molar-refractivity contribution in [1.82, 2.24) is 9.55 Å². The highest BCUT2D eigenvalue weighted by molar-refractivity contribution is 7.80. The number of thiocarbonyl (C=S) groups is 1. The number of benzene rings is 1. The molecule has 3 atom stereocenters. The zero-order valence-electron chi connectivity index (χ0n) is 16.5. The molecule has 0 unspecified atom stereocenters. The molecule has 1 aliphatic heterocycles. The maximum Gasteiger partial charge on any atom is 0.423 e. The number of alkyl halides is 3. The molecule has 0 bridgehead atoms. The van der Waals surface area contributed by atoms with Crippen molar-refractivity contribution in [2.24, 2.45) is 0 Å². The Bertz CT molecular complexity index is 1200. The summed E-state index contributed by atoms with van der Waals surface area (Å²) in [5, 5.41) is -0.197. The molecule has 7 nitrogen and oxygen atoms in total. The SMILES string of the molecule is C#CCO[C@H]1C[C@H](n2cc(C(F)(F)F)c(=O)[nH]c2=O)O[C@@H]1COC(=S)c1ccc(F)c(F)c1. The number of nitrogens with zero attached hydrogens (tertiary/aromatic N) is 1. The molecule has 1 fully saturated rings. The lowest BCUT2D eigenvalue weighted by molar-refractivity contribution is -0.139. The maximum absolute atomic E-state index is 13.4. The van der Waals surface area contributed by atoms with Gasteiger partial charge in [-0.1, -0.05) is 5.92 Å². The van der Waals surface area contributed by atoms with Crippen LogP contribution >= 0.6 is 12.2 Å². The second-order valence-electron chi connectivity index (χ2n) is 6.85. The number of hydrogen-bond acceptors (Lipinski definition) is 6. The molecule has 0 saturated carbocycles. The van der Waals surface area contributed by atoms with E-state index in [1.54, 1.807) is 4.98 Å². The summed E-state index contributed by atoms with van der Waals surface area (Å²) in [4.78, 5) is 25.2. The molecule has 13 heteroatoms. The second kappa shape index (κ2) is 9.82. The average Bonchev–Trinajstić information content (AvgIpc) is 3.14. The van der Waals surface area contributed by atoms with Crippen LogP contribution in [0.5, 0.6) is 0 Å². The molecule has 1 aromatic heterocycles. The zero-order valence-corrected chi connectivity index (χ0v) is 17.3. The lowest BCUT2D eigenvalue weighted by atomic mass is 10.2. The number of halogens is 5. The van der Waals surface area contributed by atoms with E-state index in [9.17, 15) is 31.5 Å². The van der Waals surface area contributed by atoms with Gasteiger partial charge in [0.15, 0.2) is 16.7 Å². The summed E-state index contributed by atoms with van der Waals surface area (Å²) < 4.78 is 82.8. The summed E-state index contributed by atoms with van der Waals surface area (Å²) in [5.41, 5.74) is -4.21. The van der Waals surface area contributed by atoms with Gasteiger partial charge in [-0.25, -0.2) is 13.6 Å². The number of aromatic nitrogens is 2. The van der Waals surface area contributed by atoms with Crippen molar-refractivity contribution >= 4 is 17.3 Å². The van der Waals surface area contributed by atoms with E-state index < -0.39 is 53.1 Å².